The minimum Gasteiger partial charge on any atom is -0.391 e. The van der Waals surface area contributed by atoms with Gasteiger partial charge in [-0.3, -0.25) is 28.7 Å². The summed E-state index contributed by atoms with van der Waals surface area (Å²) >= 11 is 9.50. The monoisotopic (exact) mass is 1010 g/mol. The smallest absolute Gasteiger partial charge is 0.246 e. The molecule has 15 nitrogen and oxygen atoms in total. The number of ketones is 1. The third-order valence-corrected chi connectivity index (χ3v) is 15.2. The summed E-state index contributed by atoms with van der Waals surface area (Å²) in [7, 11) is 0. The lowest BCUT2D eigenvalue weighted by atomic mass is 9.85. The normalized spacial score (nSPS) is 17.1. The van der Waals surface area contributed by atoms with Crippen LogP contribution < -0.4 is 10.6 Å². The van der Waals surface area contributed by atoms with E-state index in [1.165, 1.54) is 9.78 Å². The van der Waals surface area contributed by atoms with Crippen LogP contribution in [-0.2, 0) is 35.1 Å². The number of benzene rings is 2. The topological polar surface area (TPSA) is 190 Å². The zero-order valence-corrected chi connectivity index (χ0v) is 43.6. The van der Waals surface area contributed by atoms with Crippen LogP contribution in [0.4, 0.5) is 0 Å². The van der Waals surface area contributed by atoms with Gasteiger partial charge in [-0.05, 0) is 94.0 Å². The van der Waals surface area contributed by atoms with E-state index in [4.69, 9.17) is 26.1 Å². The lowest BCUT2D eigenvalue weighted by Crippen LogP contribution is -2.57. The van der Waals surface area contributed by atoms with Crippen molar-refractivity contribution in [3.63, 3.8) is 0 Å². The number of thiophene rings is 1. The van der Waals surface area contributed by atoms with E-state index in [9.17, 15) is 24.3 Å². The summed E-state index contributed by atoms with van der Waals surface area (Å²) in [4.78, 5) is 67.2. The predicted octanol–water partition coefficient (Wildman–Crippen LogP) is 8.03. The van der Waals surface area contributed by atoms with Gasteiger partial charge in [0.25, 0.3) is 0 Å². The van der Waals surface area contributed by atoms with Crippen LogP contribution in [0.15, 0.2) is 59.0 Å². The highest BCUT2D eigenvalue weighted by Crippen LogP contribution is 2.40. The lowest BCUT2D eigenvalue weighted by molar-refractivity contribution is -0.144. The van der Waals surface area contributed by atoms with E-state index in [0.717, 1.165) is 74.2 Å². The van der Waals surface area contributed by atoms with Gasteiger partial charge >= 0.3 is 0 Å². The molecule has 4 atom stereocenters. The SMILES string of the molecule is Cc1ncsc1-c1ccc(CCC(=O)[C@@H]2C[C@@H](O)CN2C(=O)[C@@H](NC(=O)COCCCOCCCCCNC(=O)C[C@@H]2N=C(c3ccc(Cl)cc3)c3c(sc(C)c3C)-n3c(C)nnc32)C(C)(C)C)cc1. The number of unbranched alkanes of at least 4 members (excludes halogenated alkanes) is 2. The number of aromatic nitrogens is 4. The van der Waals surface area contributed by atoms with Crippen molar-refractivity contribution < 1.29 is 33.8 Å². The fourth-order valence-electron chi connectivity index (χ4n) is 8.86. The molecule has 5 heterocycles. The Balaban J connectivity index is 0.781. The predicted molar refractivity (Wildman–Crippen MR) is 274 cm³/mol. The first-order valence-corrected chi connectivity index (χ1v) is 26.2. The molecule has 0 saturated carbocycles. The van der Waals surface area contributed by atoms with Crippen LogP contribution in [0.25, 0.3) is 15.4 Å². The second kappa shape index (κ2) is 23.8. The number of aliphatic imine (C=N–C) groups is 1. The van der Waals surface area contributed by atoms with Crippen molar-refractivity contribution in [3.05, 3.63) is 104 Å². The second-order valence-electron chi connectivity index (χ2n) is 19.2. The number of aryl methyl sites for hydroxylation is 4. The number of rotatable bonds is 22. The van der Waals surface area contributed by atoms with E-state index in [1.807, 2.05) is 93.2 Å². The van der Waals surface area contributed by atoms with E-state index < -0.39 is 41.5 Å². The van der Waals surface area contributed by atoms with Gasteiger partial charge in [-0.15, -0.1) is 32.9 Å². The maximum Gasteiger partial charge on any atom is 0.246 e. The molecule has 3 aromatic heterocycles. The van der Waals surface area contributed by atoms with E-state index in [0.29, 0.717) is 50.1 Å². The molecule has 2 aromatic carbocycles. The molecule has 7 rings (SSSR count). The lowest BCUT2D eigenvalue weighted by Gasteiger charge is -2.35. The molecule has 3 amide bonds. The van der Waals surface area contributed by atoms with Crippen molar-refractivity contribution in [1.29, 1.82) is 0 Å². The molecule has 1 saturated heterocycles. The first-order valence-electron chi connectivity index (χ1n) is 24.1. The first-order chi connectivity index (χ1) is 33.5. The average Bonchev–Trinajstić information content (AvgIpc) is 4.09. The molecule has 3 N–H and O–H groups in total. The van der Waals surface area contributed by atoms with Crippen LogP contribution in [0.5, 0.6) is 0 Å². The van der Waals surface area contributed by atoms with Gasteiger partial charge in [0, 0.05) is 66.8 Å². The Morgan fingerprint density at radius 2 is 1.61 bits per heavy atom. The summed E-state index contributed by atoms with van der Waals surface area (Å²) in [6.07, 6.45) is 3.26. The Kier molecular flexibility index (Phi) is 17.9. The molecule has 5 aromatic rings. The number of ether oxygens (including phenoxy) is 2. The number of thiazole rings is 1. The third kappa shape index (κ3) is 13.0. The summed E-state index contributed by atoms with van der Waals surface area (Å²) in [6.45, 7) is 15.3. The number of hydrogen-bond donors (Lipinski definition) is 3. The van der Waals surface area contributed by atoms with Crippen molar-refractivity contribution in [3.8, 4) is 15.4 Å². The van der Waals surface area contributed by atoms with Crippen molar-refractivity contribution in [2.45, 2.75) is 124 Å². The van der Waals surface area contributed by atoms with Crippen molar-refractivity contribution in [2.24, 2.45) is 10.4 Å². The van der Waals surface area contributed by atoms with Crippen LogP contribution in [0.3, 0.4) is 0 Å². The Morgan fingerprint density at radius 3 is 2.33 bits per heavy atom. The number of nitrogens with zero attached hydrogens (tertiary/aromatic N) is 6. The number of nitrogens with one attached hydrogen (secondary N) is 2. The van der Waals surface area contributed by atoms with E-state index in [1.54, 1.807) is 22.7 Å². The fraction of sp³-hybridized carbons (Fsp3) is 0.500. The molecule has 0 bridgehead atoms. The highest BCUT2D eigenvalue weighted by molar-refractivity contribution is 7.15. The second-order valence-corrected chi connectivity index (χ2v) is 21.7. The number of β-amino-alcohol motifs (C(OH)–C–C–N with tert-alkyl or cyclic N) is 1. The molecule has 2 aliphatic heterocycles. The highest BCUT2D eigenvalue weighted by atomic mass is 35.5. The van der Waals surface area contributed by atoms with Gasteiger partial charge in [0.05, 0.1) is 40.4 Å². The molecule has 0 radical (unpaired) electrons. The average molecular weight is 1010 g/mol. The molecule has 18 heteroatoms. The van der Waals surface area contributed by atoms with Crippen LogP contribution in [0, 0.1) is 33.1 Å². The number of carbonyl (C=O) groups is 4. The Hall–Kier alpha value is -5.17. The summed E-state index contributed by atoms with van der Waals surface area (Å²) in [5, 5.41) is 27.0. The Labute approximate surface area is 423 Å². The van der Waals surface area contributed by atoms with Gasteiger partial charge in [0.2, 0.25) is 17.7 Å². The number of amides is 3. The highest BCUT2D eigenvalue weighted by Gasteiger charge is 2.44. The molecule has 0 spiro atoms. The fourth-order valence-corrected chi connectivity index (χ4v) is 11.0. The number of hydrogen-bond acceptors (Lipinski definition) is 13. The minimum atomic E-state index is -0.926. The summed E-state index contributed by atoms with van der Waals surface area (Å²) in [5.41, 5.74) is 8.10. The number of Topliss-reactive ketones (excluding diaryl/α,β-unsaturated/α-hetero) is 1. The van der Waals surface area contributed by atoms with Crippen LogP contribution in [0.1, 0.15) is 116 Å². The van der Waals surface area contributed by atoms with E-state index in [2.05, 4.69) is 39.7 Å². The zero-order valence-electron chi connectivity index (χ0n) is 41.2. The first kappa shape index (κ1) is 52.6. The Bertz CT molecular complexity index is 2650. The standard InChI is InChI=1S/C52H65ClN8O7S2/c1-31-33(3)70-51-45(31)46(36-17-19-38(53)20-18-36)56-40(49-59-58-34(4)61(49)51)27-43(64)54-22-9-8-10-23-67-24-11-25-68-29-44(65)57-48(52(5,6)7)50(66)60-28-39(62)26-41(60)42(63)21-14-35-12-15-37(16-13-35)47-32(2)55-30-69-47/h12-13,15-20,30,39-41,48,62H,8-11,14,21-29H2,1-7H3,(H,54,64)(H,57,65)/t39-,40+,41+,48-/m1/s1. The summed E-state index contributed by atoms with van der Waals surface area (Å²) in [6, 6.07) is 13.5. The Morgan fingerprint density at radius 1 is 0.900 bits per heavy atom. The molecule has 1 fully saturated rings. The van der Waals surface area contributed by atoms with Crippen molar-refractivity contribution in [2.75, 3.05) is 39.5 Å². The number of fused-ring (bicyclic) bond motifs is 3. The minimum absolute atomic E-state index is 0.0284. The van der Waals surface area contributed by atoms with Gasteiger partial charge < -0.3 is 30.1 Å². The number of halogens is 1. The molecule has 0 unspecified atom stereocenters. The van der Waals surface area contributed by atoms with Crippen LogP contribution in [0.2, 0.25) is 5.02 Å². The van der Waals surface area contributed by atoms with Crippen LogP contribution in [-0.4, -0.2) is 117 Å². The zero-order chi connectivity index (χ0) is 50.1. The van der Waals surface area contributed by atoms with E-state index >= 15 is 0 Å². The number of aliphatic hydroxyl groups is 1. The maximum atomic E-state index is 14.0. The number of aliphatic hydroxyl groups excluding tert-OH is 1. The van der Waals surface area contributed by atoms with Crippen molar-refractivity contribution >= 4 is 63.5 Å². The quantitative estimate of drug-likeness (QED) is 0.0573. The molecule has 70 heavy (non-hydrogen) atoms. The van der Waals surface area contributed by atoms with E-state index in [-0.39, 0.29) is 44.1 Å². The molecular weight excluding hydrogens is 948 g/mol. The number of likely N-dealkylation sites (tertiary alicyclic amines) is 1. The summed E-state index contributed by atoms with van der Waals surface area (Å²) in [5.74, 6) is 0.321. The van der Waals surface area contributed by atoms with Gasteiger partial charge in [-0.1, -0.05) is 68.8 Å². The maximum absolute atomic E-state index is 14.0. The van der Waals surface area contributed by atoms with Gasteiger partial charge in [0.15, 0.2) is 11.6 Å². The van der Waals surface area contributed by atoms with Crippen molar-refractivity contribution in [1.82, 2.24) is 35.3 Å². The van der Waals surface area contributed by atoms with Gasteiger partial charge in [-0.25, -0.2) is 4.98 Å². The molecular formula is C52H65ClN8O7S2. The molecule has 374 valence electrons. The summed E-state index contributed by atoms with van der Waals surface area (Å²) < 4.78 is 13.5. The molecule has 2 aliphatic rings. The third-order valence-electron chi connectivity index (χ3n) is 12.8. The van der Waals surface area contributed by atoms with Gasteiger partial charge in [-0.2, -0.15) is 0 Å². The molecule has 0 aliphatic carbocycles. The largest absolute Gasteiger partial charge is 0.391 e. The van der Waals surface area contributed by atoms with Gasteiger partial charge in [0.1, 0.15) is 29.5 Å². The van der Waals surface area contributed by atoms with Crippen LogP contribution >= 0.6 is 34.3 Å². The number of carbonyl (C=O) groups excluding carboxylic acids is 4.